The van der Waals surface area contributed by atoms with Crippen LogP contribution < -0.4 is 9.62 Å². The van der Waals surface area contributed by atoms with Gasteiger partial charge in [-0.2, -0.15) is 0 Å². The van der Waals surface area contributed by atoms with E-state index >= 15 is 0 Å². The van der Waals surface area contributed by atoms with E-state index in [-0.39, 0.29) is 60.9 Å². The normalized spacial score (nSPS) is 12.8. The van der Waals surface area contributed by atoms with Crippen LogP contribution in [0.25, 0.3) is 0 Å². The Balaban J connectivity index is 1.94. The van der Waals surface area contributed by atoms with Gasteiger partial charge >= 0.3 is 0 Å². The zero-order valence-electron chi connectivity index (χ0n) is 24.2. The lowest BCUT2D eigenvalue weighted by atomic mass is 10.0. The second-order valence-electron chi connectivity index (χ2n) is 10.3. The summed E-state index contributed by atoms with van der Waals surface area (Å²) in [5.74, 6) is -0.628. The number of amides is 2. The molecule has 3 aromatic rings. The van der Waals surface area contributed by atoms with E-state index in [0.717, 1.165) is 16.1 Å². The maximum Gasteiger partial charge on any atom is 0.243 e. The molecule has 0 saturated carbocycles. The smallest absolute Gasteiger partial charge is 0.243 e. The molecule has 2 atom stereocenters. The minimum Gasteiger partial charge on any atom is -0.352 e. The summed E-state index contributed by atoms with van der Waals surface area (Å²) in [4.78, 5) is 29.2. The van der Waals surface area contributed by atoms with E-state index < -0.39 is 16.1 Å². The van der Waals surface area contributed by atoms with Gasteiger partial charge < -0.3 is 10.2 Å². The summed E-state index contributed by atoms with van der Waals surface area (Å²) in [6.07, 6.45) is 2.17. The lowest BCUT2D eigenvalue weighted by molar-refractivity contribution is -0.141. The van der Waals surface area contributed by atoms with Crippen LogP contribution in [0, 0.1) is 0 Å². The van der Waals surface area contributed by atoms with Gasteiger partial charge in [0.05, 0.1) is 17.0 Å². The summed E-state index contributed by atoms with van der Waals surface area (Å²) < 4.78 is 26.5. The predicted octanol–water partition coefficient (Wildman–Crippen LogP) is 7.40. The Morgan fingerprint density at radius 2 is 1.56 bits per heavy atom. The number of halogens is 4. The molecule has 0 fully saturated rings. The van der Waals surface area contributed by atoms with Crippen molar-refractivity contribution in [1.82, 2.24) is 10.2 Å². The van der Waals surface area contributed by atoms with E-state index in [0.29, 0.717) is 27.1 Å². The molecule has 0 heterocycles. The molecule has 0 aliphatic carbocycles. The molecule has 43 heavy (non-hydrogen) atoms. The van der Waals surface area contributed by atoms with Crippen molar-refractivity contribution < 1.29 is 18.0 Å². The van der Waals surface area contributed by atoms with E-state index in [1.165, 1.54) is 17.0 Å². The second kappa shape index (κ2) is 16.0. The number of rotatable bonds is 14. The van der Waals surface area contributed by atoms with Crippen LogP contribution in [0.3, 0.4) is 0 Å². The summed E-state index contributed by atoms with van der Waals surface area (Å²) in [6.45, 7) is 3.90. The fourth-order valence-corrected chi connectivity index (χ4v) is 6.36. The topological polar surface area (TPSA) is 86.8 Å². The standard InChI is InChI=1S/C31H35Cl4N3O4S/c1-4-21(2)36-31(40)29(17-22-9-6-5-7-10-22)37(20-23-12-13-24(32)18-27(23)35)30(39)11-8-16-38(43(3,41)42)28-19-25(33)14-15-26(28)34/h5-7,9-10,12-15,18-19,21,29H,4,8,11,16-17,20H2,1-3H3,(H,36,40). The summed E-state index contributed by atoms with van der Waals surface area (Å²) in [5, 5.41) is 4.37. The van der Waals surface area contributed by atoms with Crippen LogP contribution in [-0.4, -0.2) is 50.0 Å². The Kier molecular flexibility index (Phi) is 13.0. The number of hydrogen-bond acceptors (Lipinski definition) is 4. The van der Waals surface area contributed by atoms with Crippen molar-refractivity contribution in [2.45, 2.75) is 58.2 Å². The number of benzene rings is 3. The van der Waals surface area contributed by atoms with Gasteiger partial charge in [0.25, 0.3) is 0 Å². The number of nitrogens with zero attached hydrogens (tertiary/aromatic N) is 2. The molecule has 2 amide bonds. The molecule has 12 heteroatoms. The molecule has 0 aliphatic rings. The first kappa shape index (κ1) is 35.0. The number of hydrogen-bond donors (Lipinski definition) is 1. The van der Waals surface area contributed by atoms with Gasteiger partial charge in [-0.1, -0.05) is 89.7 Å². The lowest BCUT2D eigenvalue weighted by Gasteiger charge is -2.33. The third-order valence-corrected chi connectivity index (χ3v) is 9.28. The van der Waals surface area contributed by atoms with E-state index in [1.54, 1.807) is 24.3 Å². The summed E-state index contributed by atoms with van der Waals surface area (Å²) >= 11 is 25.0. The average molecular weight is 688 g/mol. The highest BCUT2D eigenvalue weighted by Gasteiger charge is 2.31. The van der Waals surface area contributed by atoms with Crippen molar-refractivity contribution in [3.63, 3.8) is 0 Å². The molecular formula is C31H35Cl4N3O4S. The van der Waals surface area contributed by atoms with Crippen LogP contribution in [0.15, 0.2) is 66.7 Å². The number of sulfonamides is 1. The SMILES string of the molecule is CCC(C)NC(=O)C(Cc1ccccc1)N(Cc1ccc(Cl)cc1Cl)C(=O)CCCN(c1cc(Cl)ccc1Cl)S(C)(=O)=O. The highest BCUT2D eigenvalue weighted by Crippen LogP contribution is 2.31. The Morgan fingerprint density at radius 3 is 2.19 bits per heavy atom. The van der Waals surface area contributed by atoms with Gasteiger partial charge in [-0.3, -0.25) is 13.9 Å². The van der Waals surface area contributed by atoms with Crippen molar-refractivity contribution >= 4 is 73.9 Å². The maximum absolute atomic E-state index is 14.0. The molecule has 0 aliphatic heterocycles. The molecule has 232 valence electrons. The van der Waals surface area contributed by atoms with Crippen molar-refractivity contribution in [3.05, 3.63) is 97.9 Å². The number of carbonyl (C=O) groups excluding carboxylic acids is 2. The van der Waals surface area contributed by atoms with Crippen molar-refractivity contribution in [1.29, 1.82) is 0 Å². The lowest BCUT2D eigenvalue weighted by Crippen LogP contribution is -2.52. The minimum absolute atomic E-state index is 0.0252. The molecular weight excluding hydrogens is 652 g/mol. The first-order valence-electron chi connectivity index (χ1n) is 13.8. The Labute approximate surface area is 274 Å². The van der Waals surface area contributed by atoms with E-state index in [2.05, 4.69) is 5.32 Å². The molecule has 0 saturated heterocycles. The molecule has 1 N–H and O–H groups in total. The molecule has 3 aromatic carbocycles. The Bertz CT molecular complexity index is 1520. The molecule has 2 unspecified atom stereocenters. The first-order valence-corrected chi connectivity index (χ1v) is 17.2. The van der Waals surface area contributed by atoms with Gasteiger partial charge in [0.15, 0.2) is 0 Å². The van der Waals surface area contributed by atoms with Gasteiger partial charge in [0, 0.05) is 47.0 Å². The minimum atomic E-state index is -3.75. The third kappa shape index (κ3) is 10.3. The average Bonchev–Trinajstić information content (AvgIpc) is 2.95. The van der Waals surface area contributed by atoms with Crippen LogP contribution in [0.2, 0.25) is 20.1 Å². The molecule has 0 bridgehead atoms. The van der Waals surface area contributed by atoms with E-state index in [9.17, 15) is 18.0 Å². The van der Waals surface area contributed by atoms with Crippen LogP contribution >= 0.6 is 46.4 Å². The zero-order valence-corrected chi connectivity index (χ0v) is 28.0. The van der Waals surface area contributed by atoms with Gasteiger partial charge in [-0.15, -0.1) is 0 Å². The predicted molar refractivity (Wildman–Crippen MR) is 177 cm³/mol. The number of anilines is 1. The first-order chi connectivity index (χ1) is 20.3. The number of nitrogens with one attached hydrogen (secondary N) is 1. The second-order valence-corrected chi connectivity index (χ2v) is 13.9. The van der Waals surface area contributed by atoms with Crippen molar-refractivity contribution in [2.75, 3.05) is 17.1 Å². The van der Waals surface area contributed by atoms with Gasteiger partial charge in [-0.25, -0.2) is 8.42 Å². The van der Waals surface area contributed by atoms with Gasteiger partial charge in [0.1, 0.15) is 6.04 Å². The fourth-order valence-electron chi connectivity index (χ4n) is 4.49. The quantitative estimate of drug-likeness (QED) is 0.192. The van der Waals surface area contributed by atoms with Crippen molar-refractivity contribution in [3.8, 4) is 0 Å². The van der Waals surface area contributed by atoms with Crippen LogP contribution in [-0.2, 0) is 32.6 Å². The van der Waals surface area contributed by atoms with E-state index in [1.807, 2.05) is 44.2 Å². The Hall–Kier alpha value is -2.49. The van der Waals surface area contributed by atoms with Gasteiger partial charge in [0.2, 0.25) is 21.8 Å². The van der Waals surface area contributed by atoms with Crippen LogP contribution in [0.1, 0.15) is 44.2 Å². The summed E-state index contributed by atoms with van der Waals surface area (Å²) in [7, 11) is -3.75. The summed E-state index contributed by atoms with van der Waals surface area (Å²) in [5.41, 5.74) is 1.73. The fraction of sp³-hybridized carbons (Fsp3) is 0.355. The van der Waals surface area contributed by atoms with Crippen LogP contribution in [0.5, 0.6) is 0 Å². The molecule has 0 spiro atoms. The maximum atomic E-state index is 14.0. The van der Waals surface area contributed by atoms with E-state index in [4.69, 9.17) is 46.4 Å². The number of carbonyl (C=O) groups is 2. The summed E-state index contributed by atoms with van der Waals surface area (Å²) in [6, 6.07) is 18.0. The van der Waals surface area contributed by atoms with Crippen molar-refractivity contribution in [2.24, 2.45) is 0 Å². The van der Waals surface area contributed by atoms with Gasteiger partial charge in [-0.05, 0) is 61.2 Å². The molecule has 7 nitrogen and oxygen atoms in total. The third-order valence-electron chi connectivity index (χ3n) is 6.96. The highest BCUT2D eigenvalue weighted by atomic mass is 35.5. The molecule has 3 rings (SSSR count). The highest BCUT2D eigenvalue weighted by molar-refractivity contribution is 7.92. The molecule has 0 radical (unpaired) electrons. The Morgan fingerprint density at radius 1 is 0.907 bits per heavy atom. The monoisotopic (exact) mass is 685 g/mol. The van der Waals surface area contributed by atoms with Crippen LogP contribution in [0.4, 0.5) is 5.69 Å². The molecule has 0 aromatic heterocycles. The zero-order chi connectivity index (χ0) is 31.7. The largest absolute Gasteiger partial charge is 0.352 e.